The van der Waals surface area contributed by atoms with Gasteiger partial charge in [-0.25, -0.2) is 4.79 Å². The predicted octanol–water partition coefficient (Wildman–Crippen LogP) is 5.26. The zero-order valence-electron chi connectivity index (χ0n) is 18.2. The Labute approximate surface area is 180 Å². The third-order valence-corrected chi connectivity index (χ3v) is 5.36. The van der Waals surface area contributed by atoms with Crippen molar-refractivity contribution in [3.05, 3.63) is 66.2 Å². The largest absolute Gasteiger partial charge is 0.494 e. The van der Waals surface area contributed by atoms with Crippen LogP contribution >= 0.6 is 0 Å². The van der Waals surface area contributed by atoms with Gasteiger partial charge < -0.3 is 15.0 Å². The standard InChI is InChI=1S/C25H33N3O2/c1-4-15-27(3)16-5-6-18-30-23-13-14-24-21(19-23)8-7-17-28(24)25(29)26-22-11-9-20(2)10-12-22/h4,9-14,19H,1,5-8,15-18H2,2-3H3,(H,26,29). The number of nitrogens with zero attached hydrogens (tertiary/aromatic N) is 2. The van der Waals surface area contributed by atoms with Crippen LogP contribution in [0.3, 0.4) is 0 Å². The van der Waals surface area contributed by atoms with Crippen molar-refractivity contribution >= 4 is 17.4 Å². The van der Waals surface area contributed by atoms with Crippen LogP contribution in [0.15, 0.2) is 55.1 Å². The number of amides is 2. The summed E-state index contributed by atoms with van der Waals surface area (Å²) in [7, 11) is 2.10. The monoisotopic (exact) mass is 407 g/mol. The van der Waals surface area contributed by atoms with Gasteiger partial charge in [0.25, 0.3) is 0 Å². The summed E-state index contributed by atoms with van der Waals surface area (Å²) in [6.45, 7) is 9.19. The van der Waals surface area contributed by atoms with Crippen molar-refractivity contribution in [2.24, 2.45) is 0 Å². The van der Waals surface area contributed by atoms with Gasteiger partial charge in [-0.2, -0.15) is 0 Å². The molecule has 1 heterocycles. The molecule has 2 aromatic rings. The molecule has 0 atom stereocenters. The molecule has 1 aliphatic heterocycles. The minimum absolute atomic E-state index is 0.0860. The number of anilines is 2. The van der Waals surface area contributed by atoms with E-state index in [0.29, 0.717) is 6.61 Å². The highest BCUT2D eigenvalue weighted by atomic mass is 16.5. The molecule has 0 saturated carbocycles. The minimum atomic E-state index is -0.0860. The van der Waals surface area contributed by atoms with E-state index in [4.69, 9.17) is 4.74 Å². The second kappa shape index (κ2) is 10.8. The van der Waals surface area contributed by atoms with Crippen LogP contribution in [0.5, 0.6) is 5.75 Å². The Morgan fingerprint density at radius 1 is 1.23 bits per heavy atom. The smallest absolute Gasteiger partial charge is 0.326 e. The fraction of sp³-hybridized carbons (Fsp3) is 0.400. The summed E-state index contributed by atoms with van der Waals surface area (Å²) < 4.78 is 5.96. The first-order valence-corrected chi connectivity index (χ1v) is 10.8. The number of hydrogen-bond donors (Lipinski definition) is 1. The number of likely N-dealkylation sites (N-methyl/N-ethyl adjacent to an activating group) is 1. The molecular weight excluding hydrogens is 374 g/mol. The van der Waals surface area contributed by atoms with Crippen LogP contribution in [0.25, 0.3) is 0 Å². The van der Waals surface area contributed by atoms with E-state index in [2.05, 4.69) is 29.9 Å². The SMILES string of the molecule is C=CCN(C)CCCCOc1ccc2c(c1)CCCN2C(=O)Nc1ccc(C)cc1. The van der Waals surface area contributed by atoms with Gasteiger partial charge in [-0.05, 0) is 82.1 Å². The van der Waals surface area contributed by atoms with Crippen LogP contribution in [-0.4, -0.2) is 44.2 Å². The number of benzene rings is 2. The quantitative estimate of drug-likeness (QED) is 0.456. The van der Waals surface area contributed by atoms with Crippen molar-refractivity contribution in [2.45, 2.75) is 32.6 Å². The van der Waals surface area contributed by atoms with Crippen molar-refractivity contribution in [2.75, 3.05) is 43.5 Å². The molecule has 1 aliphatic rings. The molecule has 0 saturated heterocycles. The average molecular weight is 408 g/mol. The molecule has 5 heteroatoms. The number of nitrogens with one attached hydrogen (secondary N) is 1. The number of aryl methyl sites for hydroxylation is 2. The topological polar surface area (TPSA) is 44.8 Å². The number of unbranched alkanes of at least 4 members (excludes halogenated alkanes) is 1. The highest BCUT2D eigenvalue weighted by Gasteiger charge is 2.23. The molecule has 160 valence electrons. The van der Waals surface area contributed by atoms with E-state index in [0.717, 1.165) is 62.4 Å². The van der Waals surface area contributed by atoms with Gasteiger partial charge in [0, 0.05) is 24.5 Å². The number of carbonyl (C=O) groups excluding carboxylic acids is 1. The van der Waals surface area contributed by atoms with Gasteiger partial charge in [-0.3, -0.25) is 4.90 Å². The Balaban J connectivity index is 1.54. The molecule has 0 fully saturated rings. The van der Waals surface area contributed by atoms with Gasteiger partial charge in [0.2, 0.25) is 0 Å². The number of rotatable bonds is 9. The minimum Gasteiger partial charge on any atom is -0.494 e. The summed E-state index contributed by atoms with van der Waals surface area (Å²) in [6.07, 6.45) is 5.96. The van der Waals surface area contributed by atoms with Crippen molar-refractivity contribution in [3.63, 3.8) is 0 Å². The Morgan fingerprint density at radius 2 is 2.03 bits per heavy atom. The third kappa shape index (κ3) is 6.10. The summed E-state index contributed by atoms with van der Waals surface area (Å²) in [5.41, 5.74) is 4.14. The van der Waals surface area contributed by atoms with Crippen LogP contribution in [-0.2, 0) is 6.42 Å². The molecule has 0 spiro atoms. The number of carbonyl (C=O) groups is 1. The van der Waals surface area contributed by atoms with Crippen molar-refractivity contribution in [1.29, 1.82) is 0 Å². The van der Waals surface area contributed by atoms with Gasteiger partial charge in [0.15, 0.2) is 0 Å². The normalized spacial score (nSPS) is 13.1. The number of urea groups is 1. The van der Waals surface area contributed by atoms with Crippen LogP contribution in [0.2, 0.25) is 0 Å². The molecule has 30 heavy (non-hydrogen) atoms. The lowest BCUT2D eigenvalue weighted by Crippen LogP contribution is -2.38. The zero-order chi connectivity index (χ0) is 21.3. The first-order valence-electron chi connectivity index (χ1n) is 10.8. The summed E-state index contributed by atoms with van der Waals surface area (Å²) in [4.78, 5) is 16.9. The van der Waals surface area contributed by atoms with Gasteiger partial charge in [-0.15, -0.1) is 6.58 Å². The fourth-order valence-corrected chi connectivity index (χ4v) is 3.69. The van der Waals surface area contributed by atoms with Gasteiger partial charge in [-0.1, -0.05) is 23.8 Å². The van der Waals surface area contributed by atoms with Gasteiger partial charge in [0.1, 0.15) is 5.75 Å². The second-order valence-corrected chi connectivity index (χ2v) is 7.95. The van der Waals surface area contributed by atoms with E-state index in [-0.39, 0.29) is 6.03 Å². The molecule has 2 amide bonds. The first-order chi connectivity index (χ1) is 14.6. The van der Waals surface area contributed by atoms with E-state index < -0.39 is 0 Å². The third-order valence-electron chi connectivity index (χ3n) is 5.36. The first kappa shape index (κ1) is 21.9. The maximum atomic E-state index is 12.8. The Bertz CT molecular complexity index is 848. The van der Waals surface area contributed by atoms with Gasteiger partial charge in [0.05, 0.1) is 6.61 Å². The van der Waals surface area contributed by atoms with Crippen molar-refractivity contribution in [1.82, 2.24) is 4.90 Å². The maximum absolute atomic E-state index is 12.8. The molecule has 3 rings (SSSR count). The number of ether oxygens (including phenoxy) is 1. The lowest BCUT2D eigenvalue weighted by atomic mass is 10.0. The number of hydrogen-bond acceptors (Lipinski definition) is 3. The van der Waals surface area contributed by atoms with Gasteiger partial charge >= 0.3 is 6.03 Å². The fourth-order valence-electron chi connectivity index (χ4n) is 3.69. The Hall–Kier alpha value is -2.79. The Kier molecular flexibility index (Phi) is 7.91. The van der Waals surface area contributed by atoms with Crippen LogP contribution in [0.4, 0.5) is 16.2 Å². The van der Waals surface area contributed by atoms with Crippen LogP contribution in [0.1, 0.15) is 30.4 Å². The van der Waals surface area contributed by atoms with E-state index in [1.807, 2.05) is 54.3 Å². The molecule has 5 nitrogen and oxygen atoms in total. The zero-order valence-corrected chi connectivity index (χ0v) is 18.2. The maximum Gasteiger partial charge on any atom is 0.326 e. The molecule has 0 radical (unpaired) electrons. The van der Waals surface area contributed by atoms with Crippen molar-refractivity contribution in [3.8, 4) is 5.75 Å². The second-order valence-electron chi connectivity index (χ2n) is 7.95. The summed E-state index contributed by atoms with van der Waals surface area (Å²) in [5, 5.41) is 3.01. The average Bonchev–Trinajstić information content (AvgIpc) is 2.74. The molecule has 2 aromatic carbocycles. The molecule has 0 bridgehead atoms. The highest BCUT2D eigenvalue weighted by molar-refractivity contribution is 6.02. The Morgan fingerprint density at radius 3 is 2.80 bits per heavy atom. The van der Waals surface area contributed by atoms with Crippen molar-refractivity contribution < 1.29 is 9.53 Å². The molecule has 0 aromatic heterocycles. The van der Waals surface area contributed by atoms with Crippen LogP contribution in [0, 0.1) is 6.92 Å². The number of fused-ring (bicyclic) bond motifs is 1. The lowest BCUT2D eigenvalue weighted by Gasteiger charge is -2.30. The van der Waals surface area contributed by atoms with E-state index in [9.17, 15) is 4.79 Å². The van der Waals surface area contributed by atoms with E-state index in [1.165, 1.54) is 11.1 Å². The summed E-state index contributed by atoms with van der Waals surface area (Å²) >= 11 is 0. The van der Waals surface area contributed by atoms with Crippen LogP contribution < -0.4 is 15.0 Å². The summed E-state index contributed by atoms with van der Waals surface area (Å²) in [6, 6.07) is 13.9. The molecule has 1 N–H and O–H groups in total. The van der Waals surface area contributed by atoms with E-state index >= 15 is 0 Å². The molecule has 0 aliphatic carbocycles. The lowest BCUT2D eigenvalue weighted by molar-refractivity contribution is 0.256. The molecule has 0 unspecified atom stereocenters. The highest BCUT2D eigenvalue weighted by Crippen LogP contribution is 2.31. The molecular formula is C25H33N3O2. The van der Waals surface area contributed by atoms with E-state index in [1.54, 1.807) is 0 Å². The summed E-state index contributed by atoms with van der Waals surface area (Å²) in [5.74, 6) is 0.883. The predicted molar refractivity (Wildman–Crippen MR) is 125 cm³/mol.